The third-order valence-corrected chi connectivity index (χ3v) is 5.58. The Morgan fingerprint density at radius 2 is 1.50 bits per heavy atom. The molecule has 0 heterocycles. The van der Waals surface area contributed by atoms with Gasteiger partial charge >= 0.3 is 0 Å². The van der Waals surface area contributed by atoms with Gasteiger partial charge in [-0.1, -0.05) is 50.1 Å². The van der Waals surface area contributed by atoms with Gasteiger partial charge in [-0.3, -0.25) is 0 Å². The van der Waals surface area contributed by atoms with Crippen LogP contribution in [0.25, 0.3) is 11.1 Å². The number of hydrogen-bond donors (Lipinski definition) is 0. The molecule has 0 spiro atoms. The van der Waals surface area contributed by atoms with Gasteiger partial charge in [-0.05, 0) is 64.5 Å². The number of hydrogen-bond acceptors (Lipinski definition) is 0. The van der Waals surface area contributed by atoms with Gasteiger partial charge in [0.1, 0.15) is 0 Å². The highest BCUT2D eigenvalue weighted by Gasteiger charge is 2.20. The summed E-state index contributed by atoms with van der Waals surface area (Å²) < 4.78 is 28.1. The zero-order valence-corrected chi connectivity index (χ0v) is 14.7. The van der Waals surface area contributed by atoms with Crippen molar-refractivity contribution in [3.05, 3.63) is 57.2 Å². The van der Waals surface area contributed by atoms with Crippen LogP contribution in [0, 0.1) is 21.1 Å². The van der Waals surface area contributed by atoms with E-state index in [0.29, 0.717) is 15.1 Å². The Morgan fingerprint density at radius 3 is 2.14 bits per heavy atom. The van der Waals surface area contributed by atoms with Crippen molar-refractivity contribution >= 4 is 22.6 Å². The quantitative estimate of drug-likeness (QED) is 0.389. The van der Waals surface area contributed by atoms with E-state index in [1.165, 1.54) is 31.2 Å². The third-order valence-electron chi connectivity index (χ3n) is 4.74. The summed E-state index contributed by atoms with van der Waals surface area (Å²) in [6.07, 6.45) is 5.02. The summed E-state index contributed by atoms with van der Waals surface area (Å²) in [6, 6.07) is 11.2. The van der Waals surface area contributed by atoms with E-state index in [2.05, 4.69) is 19.1 Å². The Bertz CT molecular complexity index is 656. The van der Waals surface area contributed by atoms with Gasteiger partial charge in [0.15, 0.2) is 11.6 Å². The van der Waals surface area contributed by atoms with Gasteiger partial charge in [-0.25, -0.2) is 8.78 Å². The van der Waals surface area contributed by atoms with Crippen LogP contribution in [0.5, 0.6) is 0 Å². The van der Waals surface area contributed by atoms with Gasteiger partial charge in [0.25, 0.3) is 0 Å². The predicted octanol–water partition coefficient (Wildman–Crippen LogP) is 6.53. The normalized spacial score (nSPS) is 21.8. The summed E-state index contributed by atoms with van der Waals surface area (Å²) in [5.41, 5.74) is 2.39. The van der Waals surface area contributed by atoms with Gasteiger partial charge in [-0.2, -0.15) is 0 Å². The Morgan fingerprint density at radius 1 is 0.864 bits per heavy atom. The topological polar surface area (TPSA) is 0 Å². The maximum absolute atomic E-state index is 14.1. The average Bonchev–Trinajstić information content (AvgIpc) is 2.54. The van der Waals surface area contributed by atoms with Crippen molar-refractivity contribution in [1.29, 1.82) is 0 Å². The molecule has 1 aliphatic carbocycles. The van der Waals surface area contributed by atoms with E-state index in [1.807, 2.05) is 34.7 Å². The summed E-state index contributed by atoms with van der Waals surface area (Å²) in [5, 5.41) is 0. The average molecular weight is 412 g/mol. The molecule has 3 heteroatoms. The van der Waals surface area contributed by atoms with E-state index < -0.39 is 11.6 Å². The zero-order valence-electron chi connectivity index (χ0n) is 12.6. The third kappa shape index (κ3) is 3.19. The lowest BCUT2D eigenvalue weighted by Crippen LogP contribution is -2.10. The highest BCUT2D eigenvalue weighted by Crippen LogP contribution is 2.36. The van der Waals surface area contributed by atoms with E-state index >= 15 is 0 Å². The maximum atomic E-state index is 14.1. The van der Waals surface area contributed by atoms with E-state index in [1.54, 1.807) is 12.1 Å². The van der Waals surface area contributed by atoms with Crippen LogP contribution in [0.3, 0.4) is 0 Å². The molecular formula is C19H19F2I. The van der Waals surface area contributed by atoms with Crippen LogP contribution in [0.15, 0.2) is 36.4 Å². The molecule has 0 saturated heterocycles. The van der Waals surface area contributed by atoms with E-state index in [9.17, 15) is 8.78 Å². The van der Waals surface area contributed by atoms with Crippen molar-refractivity contribution in [2.45, 2.75) is 38.5 Å². The molecule has 2 aromatic rings. The van der Waals surface area contributed by atoms with Gasteiger partial charge in [0, 0.05) is 5.56 Å². The van der Waals surface area contributed by atoms with Crippen LogP contribution < -0.4 is 0 Å². The molecule has 0 aliphatic heterocycles. The summed E-state index contributed by atoms with van der Waals surface area (Å²) in [4.78, 5) is 0. The zero-order chi connectivity index (χ0) is 15.7. The van der Waals surface area contributed by atoms with Crippen LogP contribution in [-0.2, 0) is 0 Å². The second kappa shape index (κ2) is 6.65. The maximum Gasteiger partial charge on any atom is 0.172 e. The first-order valence-corrected chi connectivity index (χ1v) is 8.88. The fourth-order valence-corrected chi connectivity index (χ4v) is 3.69. The molecule has 0 aromatic heterocycles. The second-order valence-electron chi connectivity index (χ2n) is 6.30. The van der Waals surface area contributed by atoms with Gasteiger partial charge in [0.2, 0.25) is 0 Å². The minimum atomic E-state index is -0.761. The Hall–Kier alpha value is -0.970. The first-order valence-electron chi connectivity index (χ1n) is 7.80. The Kier molecular flexibility index (Phi) is 4.81. The number of rotatable bonds is 2. The summed E-state index contributed by atoms with van der Waals surface area (Å²) in [7, 11) is 0. The van der Waals surface area contributed by atoms with Crippen molar-refractivity contribution in [1.82, 2.24) is 0 Å². The molecule has 1 saturated carbocycles. The summed E-state index contributed by atoms with van der Waals surface area (Å²) >= 11 is 1.81. The van der Waals surface area contributed by atoms with Crippen LogP contribution in [0.2, 0.25) is 0 Å². The summed E-state index contributed by atoms with van der Waals surface area (Å²) in [6.45, 7) is 2.31. The monoisotopic (exact) mass is 412 g/mol. The lowest BCUT2D eigenvalue weighted by atomic mass is 9.79. The Balaban J connectivity index is 1.84. The SMILES string of the molecule is CC1CCC(c2ccc(-c3ccc(I)c(F)c3F)cc2)CC1. The molecule has 0 N–H and O–H groups in total. The molecule has 0 atom stereocenters. The fourth-order valence-electron chi connectivity index (χ4n) is 3.28. The molecule has 0 nitrogen and oxygen atoms in total. The molecule has 3 rings (SSSR count). The van der Waals surface area contributed by atoms with Crippen LogP contribution >= 0.6 is 22.6 Å². The van der Waals surface area contributed by atoms with Crippen molar-refractivity contribution < 1.29 is 8.78 Å². The molecule has 1 fully saturated rings. The van der Waals surface area contributed by atoms with Crippen LogP contribution in [-0.4, -0.2) is 0 Å². The van der Waals surface area contributed by atoms with Crippen molar-refractivity contribution in [3.8, 4) is 11.1 Å². The largest absolute Gasteiger partial charge is 0.203 e. The van der Waals surface area contributed by atoms with Crippen molar-refractivity contribution in [2.75, 3.05) is 0 Å². The predicted molar refractivity (Wildman–Crippen MR) is 94.9 cm³/mol. The van der Waals surface area contributed by atoms with Crippen molar-refractivity contribution in [3.63, 3.8) is 0 Å². The number of benzene rings is 2. The lowest BCUT2D eigenvalue weighted by molar-refractivity contribution is 0.348. The minimum absolute atomic E-state index is 0.312. The van der Waals surface area contributed by atoms with Gasteiger partial charge < -0.3 is 0 Å². The molecule has 0 bridgehead atoms. The number of halogens is 3. The fraction of sp³-hybridized carbons (Fsp3) is 0.368. The van der Waals surface area contributed by atoms with Crippen LogP contribution in [0.1, 0.15) is 44.1 Å². The molecule has 2 aromatic carbocycles. The lowest BCUT2D eigenvalue weighted by Gasteiger charge is -2.26. The highest BCUT2D eigenvalue weighted by molar-refractivity contribution is 14.1. The molecule has 0 unspecified atom stereocenters. The molecule has 0 amide bonds. The first-order chi connectivity index (χ1) is 10.6. The standard InChI is InChI=1S/C19H19F2I/c1-12-2-4-13(5-3-12)14-6-8-15(9-7-14)16-10-11-17(22)19(21)18(16)20/h6-13H,2-5H2,1H3. The Labute approximate surface area is 144 Å². The highest BCUT2D eigenvalue weighted by atomic mass is 127. The van der Waals surface area contributed by atoms with E-state index in [-0.39, 0.29) is 0 Å². The summed E-state index contributed by atoms with van der Waals surface area (Å²) in [5.74, 6) is -0.0717. The molecule has 22 heavy (non-hydrogen) atoms. The van der Waals surface area contributed by atoms with Crippen LogP contribution in [0.4, 0.5) is 8.78 Å². The molecule has 116 valence electrons. The van der Waals surface area contributed by atoms with Gasteiger partial charge in [0.05, 0.1) is 3.57 Å². The van der Waals surface area contributed by atoms with Gasteiger partial charge in [-0.15, -0.1) is 0 Å². The molecule has 1 aliphatic rings. The minimum Gasteiger partial charge on any atom is -0.203 e. The van der Waals surface area contributed by atoms with E-state index in [4.69, 9.17) is 0 Å². The smallest absolute Gasteiger partial charge is 0.172 e. The molecular weight excluding hydrogens is 393 g/mol. The molecule has 0 radical (unpaired) electrons. The van der Waals surface area contributed by atoms with E-state index in [0.717, 1.165) is 11.5 Å². The second-order valence-corrected chi connectivity index (χ2v) is 7.46. The van der Waals surface area contributed by atoms with Crippen molar-refractivity contribution in [2.24, 2.45) is 5.92 Å². The first kappa shape index (κ1) is 15.9.